The van der Waals surface area contributed by atoms with E-state index in [0.717, 1.165) is 49.6 Å². The predicted molar refractivity (Wildman–Crippen MR) is 293 cm³/mol. The highest BCUT2D eigenvalue weighted by molar-refractivity contribution is 7.13. The molecule has 20 heteroatoms. The molecule has 416 valence electrons. The zero-order valence-corrected chi connectivity index (χ0v) is 46.7. The van der Waals surface area contributed by atoms with E-state index in [1.54, 1.807) is 37.6 Å². The molecule has 5 atom stereocenters. The van der Waals surface area contributed by atoms with E-state index in [2.05, 4.69) is 37.4 Å². The Balaban J connectivity index is 0.999. The van der Waals surface area contributed by atoms with Crippen LogP contribution in [0.1, 0.15) is 104 Å². The number of aromatic nitrogens is 3. The minimum atomic E-state index is -1.27. The van der Waals surface area contributed by atoms with Gasteiger partial charge in [-0.3, -0.25) is 28.9 Å². The van der Waals surface area contributed by atoms with Gasteiger partial charge in [0.1, 0.15) is 12.1 Å². The molecule has 0 bridgehead atoms. The number of hydrogen-bond donors (Lipinski definition) is 5. The van der Waals surface area contributed by atoms with Crippen molar-refractivity contribution in [3.05, 3.63) is 110 Å². The smallest absolute Gasteiger partial charge is 0.398 e. The van der Waals surface area contributed by atoms with Gasteiger partial charge in [0.15, 0.2) is 6.23 Å². The third-order valence-corrected chi connectivity index (χ3v) is 15.7. The Bertz CT molecular complexity index is 2920. The molecule has 2 aliphatic rings. The highest BCUT2D eigenvalue weighted by Gasteiger charge is 2.45. The van der Waals surface area contributed by atoms with Crippen LogP contribution in [-0.4, -0.2) is 143 Å². The number of benzene rings is 2. The summed E-state index contributed by atoms with van der Waals surface area (Å²) in [5, 5.41) is 20.1. The zero-order valence-electron chi connectivity index (χ0n) is 45.9. The summed E-state index contributed by atoms with van der Waals surface area (Å²) >= 11 is 1.55. The highest BCUT2D eigenvalue weighted by atomic mass is 32.1. The number of carbonyl (C=O) groups excluding carboxylic acids is 5. The van der Waals surface area contributed by atoms with Crippen molar-refractivity contribution >= 4 is 51.8 Å². The number of ether oxygens (including phenoxy) is 4. The van der Waals surface area contributed by atoms with Crippen LogP contribution in [0.15, 0.2) is 64.9 Å². The molecule has 0 spiro atoms. The van der Waals surface area contributed by atoms with Crippen molar-refractivity contribution in [2.45, 2.75) is 125 Å². The number of pyridine rings is 1. The van der Waals surface area contributed by atoms with Gasteiger partial charge in [-0.2, -0.15) is 0 Å². The van der Waals surface area contributed by atoms with Crippen molar-refractivity contribution in [1.82, 2.24) is 40.3 Å². The number of aliphatic hydroxyl groups excluding tert-OH is 1. The third-order valence-electron chi connectivity index (χ3n) is 14.7. The van der Waals surface area contributed by atoms with E-state index in [0.29, 0.717) is 56.9 Å². The van der Waals surface area contributed by atoms with Crippen molar-refractivity contribution in [3.63, 3.8) is 0 Å². The lowest BCUT2D eigenvalue weighted by atomic mass is 9.85. The second-order valence-corrected chi connectivity index (χ2v) is 22.0. The molecular weight excluding hydrogens is 1000 g/mol. The molecule has 77 heavy (non-hydrogen) atoms. The standard InChI is InChI=1S/C57H76N8O11S/c1-10-73-23-24-74-25-26-75-32-47(63-21-19-40(20-22-63)37(5)65-38(6)48(43-13-11-12-14-45(43)65)53(69)59-30-44-34(2)27-35(3)61-51(44)67)76-56(72)54(70)62-50(57(7,8)9)55(71)64-31-42(66)28-46(64)52(68)58-29-39-15-17-41(18-16-39)49-36(4)60-33-77-49/h11-18,27,33,37,40,42,46-47,50,66H,10,19-26,28-32H2,1-9H3,(H,58,68)(H,59,69)(H,61,67)(H,62,70)/t37?,42-,46+,47?,50-/m1/s1. The molecule has 2 unspecified atom stereocenters. The number of carbonyl (C=O) groups is 5. The number of H-pyrrole nitrogens is 1. The molecule has 7 rings (SSSR count). The fraction of sp³-hybridized carbons (Fsp3) is 0.526. The summed E-state index contributed by atoms with van der Waals surface area (Å²) in [6.45, 7) is 19.7. The summed E-state index contributed by atoms with van der Waals surface area (Å²) in [6, 6.07) is 15.1. The summed E-state index contributed by atoms with van der Waals surface area (Å²) in [5.74, 6) is -3.55. The Morgan fingerprint density at radius 1 is 0.909 bits per heavy atom. The summed E-state index contributed by atoms with van der Waals surface area (Å²) < 4.78 is 25.2. The number of aromatic amines is 1. The van der Waals surface area contributed by atoms with Crippen LogP contribution in [0.4, 0.5) is 0 Å². The second-order valence-electron chi connectivity index (χ2n) is 21.2. The maximum atomic E-state index is 14.4. The van der Waals surface area contributed by atoms with Gasteiger partial charge in [-0.1, -0.05) is 63.2 Å². The predicted octanol–water partition coefficient (Wildman–Crippen LogP) is 5.64. The first kappa shape index (κ1) is 58.4. The number of likely N-dealkylation sites (tertiary alicyclic amines) is 2. The summed E-state index contributed by atoms with van der Waals surface area (Å²) in [4.78, 5) is 94.1. The highest BCUT2D eigenvalue weighted by Crippen LogP contribution is 2.37. The van der Waals surface area contributed by atoms with Gasteiger partial charge in [0.2, 0.25) is 11.8 Å². The molecule has 5 N–H and O–H groups in total. The number of nitrogens with zero attached hydrogens (tertiary/aromatic N) is 4. The van der Waals surface area contributed by atoms with Gasteiger partial charge in [-0.25, -0.2) is 9.78 Å². The molecule has 5 heterocycles. The van der Waals surface area contributed by atoms with Crippen LogP contribution < -0.4 is 21.5 Å². The number of rotatable bonds is 22. The number of fused-ring (bicyclic) bond motifs is 1. The van der Waals surface area contributed by atoms with Crippen molar-refractivity contribution in [2.75, 3.05) is 59.3 Å². The molecule has 5 aromatic rings. The van der Waals surface area contributed by atoms with E-state index in [4.69, 9.17) is 18.9 Å². The lowest BCUT2D eigenvalue weighted by molar-refractivity contribution is -0.174. The van der Waals surface area contributed by atoms with Crippen LogP contribution in [-0.2, 0) is 51.2 Å². The Hall–Kier alpha value is -6.29. The van der Waals surface area contributed by atoms with Gasteiger partial charge < -0.3 is 54.5 Å². The van der Waals surface area contributed by atoms with E-state index in [9.17, 15) is 33.9 Å². The number of thiazole rings is 1. The number of amides is 4. The number of aliphatic hydroxyl groups is 1. The first-order chi connectivity index (χ1) is 36.8. The molecule has 0 saturated carbocycles. The Morgan fingerprint density at radius 2 is 1.60 bits per heavy atom. The number of hydrogen-bond acceptors (Lipinski definition) is 14. The maximum Gasteiger partial charge on any atom is 0.398 e. The van der Waals surface area contributed by atoms with E-state index in [-0.39, 0.29) is 69.3 Å². The number of esters is 1. The van der Waals surface area contributed by atoms with E-state index >= 15 is 0 Å². The molecule has 2 aromatic carbocycles. The van der Waals surface area contributed by atoms with Crippen LogP contribution in [0.2, 0.25) is 0 Å². The third kappa shape index (κ3) is 14.5. The number of β-amino-alcohol motifs (C(OH)–C–C–N with tert-alkyl or cyclic N) is 1. The van der Waals surface area contributed by atoms with E-state index < -0.39 is 53.5 Å². The lowest BCUT2D eigenvalue weighted by Gasteiger charge is -2.39. The SMILES string of the molecule is CCOCCOCCOCC(OC(=O)C(=O)N[C@H](C(=O)N1C[C@H](O)C[C@H]1C(=O)NCc1ccc(-c2scnc2C)cc1)C(C)(C)C)N1CCC(C(C)n2c(C)c(C(=O)NCc3c(C)cc(C)[nH]c3=O)c3ccccc32)CC1. The van der Waals surface area contributed by atoms with Gasteiger partial charge in [0.05, 0.1) is 60.8 Å². The van der Waals surface area contributed by atoms with E-state index in [1.165, 1.54) is 4.90 Å². The van der Waals surface area contributed by atoms with Crippen LogP contribution in [0.3, 0.4) is 0 Å². The van der Waals surface area contributed by atoms with Gasteiger partial charge in [-0.05, 0) is 94.5 Å². The average molecular weight is 1080 g/mol. The van der Waals surface area contributed by atoms with Gasteiger partial charge >= 0.3 is 11.9 Å². The normalized spacial score (nSPS) is 17.5. The minimum absolute atomic E-state index is 0.00141. The first-order valence-corrected chi connectivity index (χ1v) is 27.5. The zero-order chi connectivity index (χ0) is 55.6. The molecule has 0 aliphatic carbocycles. The molecule has 3 aromatic heterocycles. The Labute approximate surface area is 454 Å². The molecule has 2 fully saturated rings. The average Bonchev–Trinajstić information content (AvgIpc) is 4.16. The Kier molecular flexibility index (Phi) is 20.0. The largest absolute Gasteiger partial charge is 0.437 e. The summed E-state index contributed by atoms with van der Waals surface area (Å²) in [6.07, 6.45) is -0.588. The number of aryl methyl sites for hydroxylation is 3. The topological polar surface area (TPSA) is 236 Å². The van der Waals surface area contributed by atoms with Crippen LogP contribution >= 0.6 is 11.3 Å². The molecule has 2 saturated heterocycles. The summed E-state index contributed by atoms with van der Waals surface area (Å²) in [5.41, 5.74) is 7.75. The van der Waals surface area contributed by atoms with Crippen molar-refractivity contribution in [3.8, 4) is 10.4 Å². The van der Waals surface area contributed by atoms with Gasteiger partial charge in [-0.15, -0.1) is 11.3 Å². The first-order valence-electron chi connectivity index (χ1n) is 26.6. The second kappa shape index (κ2) is 26.4. The summed E-state index contributed by atoms with van der Waals surface area (Å²) in [7, 11) is 0. The maximum absolute atomic E-state index is 14.4. The van der Waals surface area contributed by atoms with E-state index in [1.807, 2.05) is 94.1 Å². The molecule has 4 amide bonds. The molecular formula is C57H76N8O11S. The van der Waals surface area contributed by atoms with Crippen molar-refractivity contribution in [2.24, 2.45) is 11.3 Å². The fourth-order valence-corrected chi connectivity index (χ4v) is 11.3. The Morgan fingerprint density at radius 3 is 2.26 bits per heavy atom. The van der Waals surface area contributed by atoms with Gasteiger partial charge in [0, 0.05) is 79.6 Å². The number of nitrogens with one attached hydrogen (secondary N) is 4. The fourth-order valence-electron chi connectivity index (χ4n) is 10.5. The van der Waals surface area contributed by atoms with Crippen molar-refractivity contribution in [1.29, 1.82) is 0 Å². The molecule has 19 nitrogen and oxygen atoms in total. The van der Waals surface area contributed by atoms with Crippen molar-refractivity contribution < 1.29 is 48.0 Å². The van der Waals surface area contributed by atoms with Gasteiger partial charge in [0.25, 0.3) is 11.5 Å². The van der Waals surface area contributed by atoms with Crippen LogP contribution in [0, 0.1) is 39.0 Å². The number of piperidine rings is 1. The number of para-hydroxylation sites is 1. The van der Waals surface area contributed by atoms with Crippen LogP contribution in [0.5, 0.6) is 0 Å². The monoisotopic (exact) mass is 1080 g/mol. The molecule has 0 radical (unpaired) electrons. The quantitative estimate of drug-likeness (QED) is 0.0321. The lowest BCUT2D eigenvalue weighted by Crippen LogP contribution is -2.59. The molecule has 2 aliphatic heterocycles. The minimum Gasteiger partial charge on any atom is -0.437 e. The van der Waals surface area contributed by atoms with Crippen LogP contribution in [0.25, 0.3) is 21.3 Å².